The second kappa shape index (κ2) is 18.5. The molecule has 0 saturated carbocycles. The first-order valence-electron chi connectivity index (χ1n) is 7.74. The molecule has 1 atom stereocenters. The molecule has 0 N–H and O–H groups in total. The van der Waals surface area contributed by atoms with Crippen LogP contribution in [0.3, 0.4) is 0 Å². The van der Waals surface area contributed by atoms with Gasteiger partial charge in [-0.05, 0) is 12.8 Å². The van der Waals surface area contributed by atoms with Gasteiger partial charge >= 0.3 is 18.9 Å². The second-order valence-corrected chi connectivity index (χ2v) is 5.24. The van der Waals surface area contributed by atoms with Crippen LogP contribution in [0.1, 0.15) is 72.1 Å². The van der Waals surface area contributed by atoms with Gasteiger partial charge < -0.3 is 15.9 Å². The minimum Gasteiger partial charge on any atom is -0.355 e. The average molecular weight is 264 g/mol. The minimum absolute atomic E-state index is 0. The van der Waals surface area contributed by atoms with Crippen molar-refractivity contribution in [2.24, 2.45) is 5.92 Å². The molecule has 3 heteroatoms. The predicted octanol–water partition coefficient (Wildman–Crippen LogP) is 1.98. The summed E-state index contributed by atoms with van der Waals surface area (Å²) in [5.41, 5.74) is 0. The van der Waals surface area contributed by atoms with E-state index in [-0.39, 0.29) is 18.9 Å². The quantitative estimate of drug-likeness (QED) is 0.207. The van der Waals surface area contributed by atoms with Crippen molar-refractivity contribution in [3.05, 3.63) is 6.42 Å². The van der Waals surface area contributed by atoms with Crippen LogP contribution in [0.4, 0.5) is 0 Å². The third kappa shape index (κ3) is 18.5. The van der Waals surface area contributed by atoms with Crippen molar-refractivity contribution in [1.29, 1.82) is 0 Å². The summed E-state index contributed by atoms with van der Waals surface area (Å²) in [6, 6.07) is 0. The topological polar surface area (TPSA) is 18.5 Å². The second-order valence-electron chi connectivity index (χ2n) is 5.24. The van der Waals surface area contributed by atoms with Crippen LogP contribution in [-0.2, 0) is 9.47 Å². The van der Waals surface area contributed by atoms with Crippen molar-refractivity contribution in [2.75, 3.05) is 20.0 Å². The van der Waals surface area contributed by atoms with Gasteiger partial charge in [-0.2, -0.15) is 13.3 Å². The number of unbranched alkanes of at least 4 members (excludes halogenated alkanes) is 4. The maximum atomic E-state index is 5.46. The summed E-state index contributed by atoms with van der Waals surface area (Å²) < 4.78 is 10.9. The Morgan fingerprint density at radius 3 is 2.21 bits per heavy atom. The first-order chi connectivity index (χ1) is 8.81. The van der Waals surface area contributed by atoms with E-state index in [9.17, 15) is 0 Å². The molecular weight excluding hydrogens is 231 g/mol. The van der Waals surface area contributed by atoms with Crippen molar-refractivity contribution in [3.8, 4) is 0 Å². The Bertz CT molecular complexity index is 154. The largest absolute Gasteiger partial charge is 1.00 e. The van der Waals surface area contributed by atoms with Crippen LogP contribution in [0.15, 0.2) is 0 Å². The molecule has 0 bridgehead atoms. The number of rotatable bonds is 14. The third-order valence-corrected chi connectivity index (χ3v) is 3.18. The van der Waals surface area contributed by atoms with Gasteiger partial charge in [-0.15, -0.1) is 0 Å². The van der Waals surface area contributed by atoms with Gasteiger partial charge in [0.25, 0.3) is 0 Å². The molecule has 1 unspecified atom stereocenters. The summed E-state index contributed by atoms with van der Waals surface area (Å²) in [5.74, 6) is 0.790. The molecule has 0 amide bonds. The fourth-order valence-electron chi connectivity index (χ4n) is 2.04. The average Bonchev–Trinajstić information content (AvgIpc) is 2.36. The molecule has 110 valence electrons. The predicted molar refractivity (Wildman–Crippen MR) is 78.5 cm³/mol. The SMILES string of the molecule is C[CH-]CC(C)CCCOCOCCCCCCC.[Li+]. The van der Waals surface area contributed by atoms with Crippen LogP contribution in [0.25, 0.3) is 0 Å². The van der Waals surface area contributed by atoms with Gasteiger partial charge in [-0.25, -0.2) is 0 Å². The maximum Gasteiger partial charge on any atom is 1.00 e. The van der Waals surface area contributed by atoms with Gasteiger partial charge in [-0.3, -0.25) is 0 Å². The van der Waals surface area contributed by atoms with Crippen LogP contribution in [0.5, 0.6) is 0 Å². The molecule has 0 fully saturated rings. The van der Waals surface area contributed by atoms with Crippen LogP contribution in [0, 0.1) is 12.3 Å². The number of hydrogen-bond acceptors (Lipinski definition) is 2. The Labute approximate surface area is 133 Å². The first kappa shape index (κ1) is 21.8. The Morgan fingerprint density at radius 2 is 1.58 bits per heavy atom. The summed E-state index contributed by atoms with van der Waals surface area (Å²) in [6.07, 6.45) is 12.3. The van der Waals surface area contributed by atoms with E-state index in [0.717, 1.165) is 25.6 Å². The van der Waals surface area contributed by atoms with Crippen LogP contribution < -0.4 is 18.9 Å². The fraction of sp³-hybridized carbons (Fsp3) is 0.938. The third-order valence-electron chi connectivity index (χ3n) is 3.18. The summed E-state index contributed by atoms with van der Waals surface area (Å²) in [4.78, 5) is 0. The van der Waals surface area contributed by atoms with Crippen LogP contribution >= 0.6 is 0 Å². The summed E-state index contributed by atoms with van der Waals surface area (Å²) >= 11 is 0. The minimum atomic E-state index is 0. The molecule has 0 heterocycles. The number of hydrogen-bond donors (Lipinski definition) is 0. The standard InChI is InChI=1S/C16H33O2.Li/c1-4-6-7-8-9-13-17-15-18-14-10-12-16(3)11-5-2;/h5,16H,4,6-15H2,1-3H3;/q-1;+1. The van der Waals surface area contributed by atoms with E-state index in [2.05, 4.69) is 27.2 Å². The van der Waals surface area contributed by atoms with Crippen molar-refractivity contribution in [1.82, 2.24) is 0 Å². The van der Waals surface area contributed by atoms with E-state index in [1.54, 1.807) is 0 Å². The van der Waals surface area contributed by atoms with E-state index in [1.807, 2.05) is 0 Å². The van der Waals surface area contributed by atoms with E-state index < -0.39 is 0 Å². The summed E-state index contributed by atoms with van der Waals surface area (Å²) in [5, 5.41) is 0. The molecule has 0 spiro atoms. The fourth-order valence-corrected chi connectivity index (χ4v) is 2.04. The molecule has 0 aromatic rings. The normalized spacial score (nSPS) is 12.2. The zero-order chi connectivity index (χ0) is 13.5. The first-order valence-corrected chi connectivity index (χ1v) is 7.74. The van der Waals surface area contributed by atoms with E-state index in [0.29, 0.717) is 6.79 Å². The molecule has 19 heavy (non-hydrogen) atoms. The molecular formula is C16H33LiO2. The molecule has 0 radical (unpaired) electrons. The smallest absolute Gasteiger partial charge is 0.355 e. The molecule has 0 aliphatic carbocycles. The molecule has 0 aromatic heterocycles. The molecule has 2 nitrogen and oxygen atoms in total. The molecule has 0 aliphatic heterocycles. The van der Waals surface area contributed by atoms with Crippen molar-refractivity contribution < 1.29 is 28.3 Å². The summed E-state index contributed by atoms with van der Waals surface area (Å²) in [7, 11) is 0. The monoisotopic (exact) mass is 264 g/mol. The zero-order valence-electron chi connectivity index (χ0n) is 13.7. The number of ether oxygens (including phenoxy) is 2. The maximum absolute atomic E-state index is 5.46. The molecule has 0 saturated heterocycles. The van der Waals surface area contributed by atoms with Gasteiger partial charge in [0, 0.05) is 13.2 Å². The Hall–Kier alpha value is 0.517. The Kier molecular flexibility index (Phi) is 21.3. The van der Waals surface area contributed by atoms with Crippen LogP contribution in [0.2, 0.25) is 0 Å². The van der Waals surface area contributed by atoms with Gasteiger partial charge in [0.15, 0.2) is 0 Å². The van der Waals surface area contributed by atoms with Crippen molar-refractivity contribution in [2.45, 2.75) is 72.1 Å². The van der Waals surface area contributed by atoms with Gasteiger partial charge in [0.2, 0.25) is 0 Å². The molecule has 0 aromatic carbocycles. The van der Waals surface area contributed by atoms with Crippen molar-refractivity contribution in [3.63, 3.8) is 0 Å². The van der Waals surface area contributed by atoms with E-state index >= 15 is 0 Å². The Balaban J connectivity index is 0. The van der Waals surface area contributed by atoms with Gasteiger partial charge in [-0.1, -0.05) is 51.9 Å². The van der Waals surface area contributed by atoms with E-state index in [1.165, 1.54) is 44.9 Å². The summed E-state index contributed by atoms with van der Waals surface area (Å²) in [6.45, 7) is 8.83. The van der Waals surface area contributed by atoms with Crippen LogP contribution in [-0.4, -0.2) is 20.0 Å². The zero-order valence-corrected chi connectivity index (χ0v) is 13.7. The van der Waals surface area contributed by atoms with Crippen molar-refractivity contribution >= 4 is 0 Å². The molecule has 0 aliphatic rings. The Morgan fingerprint density at radius 1 is 0.947 bits per heavy atom. The van der Waals surface area contributed by atoms with Gasteiger partial charge in [0.05, 0.1) is 0 Å². The van der Waals surface area contributed by atoms with Gasteiger partial charge in [0.1, 0.15) is 6.79 Å². The van der Waals surface area contributed by atoms with E-state index in [4.69, 9.17) is 9.47 Å². The molecule has 0 rings (SSSR count).